The lowest BCUT2D eigenvalue weighted by Crippen LogP contribution is -2.53. The van der Waals surface area contributed by atoms with Gasteiger partial charge in [0.2, 0.25) is 21.8 Å². The zero-order chi connectivity index (χ0) is 27.2. The minimum atomic E-state index is -3.85. The van der Waals surface area contributed by atoms with E-state index in [2.05, 4.69) is 5.32 Å². The van der Waals surface area contributed by atoms with Crippen molar-refractivity contribution in [2.75, 3.05) is 17.1 Å². The number of amides is 2. The number of nitrogens with one attached hydrogen (secondary N) is 1. The quantitative estimate of drug-likeness (QED) is 0.386. The Hall–Kier alpha value is -2.00. The van der Waals surface area contributed by atoms with Crippen molar-refractivity contribution in [1.29, 1.82) is 0 Å². The highest BCUT2D eigenvalue weighted by molar-refractivity contribution is 7.92. The fraction of sp³-hybridized carbons (Fsp3) is 0.440. The number of carbonyl (C=O) groups is 2. The van der Waals surface area contributed by atoms with E-state index >= 15 is 0 Å². The number of benzene rings is 2. The zero-order valence-electron chi connectivity index (χ0n) is 21.0. The van der Waals surface area contributed by atoms with Gasteiger partial charge in [0.25, 0.3) is 0 Å². The second-order valence-electron chi connectivity index (χ2n) is 8.70. The number of nitrogens with zero attached hydrogens (tertiary/aromatic N) is 2. The van der Waals surface area contributed by atoms with Gasteiger partial charge in [-0.15, -0.1) is 0 Å². The molecule has 0 bridgehead atoms. The first-order valence-electron chi connectivity index (χ1n) is 11.6. The Balaban J connectivity index is 2.51. The molecular weight excluding hydrogens is 545 g/mol. The molecule has 0 aliphatic heterocycles. The van der Waals surface area contributed by atoms with Crippen molar-refractivity contribution < 1.29 is 18.0 Å². The summed E-state index contributed by atoms with van der Waals surface area (Å²) in [7, 11) is -3.85. The summed E-state index contributed by atoms with van der Waals surface area (Å²) in [5, 5.41) is 4.14. The average Bonchev–Trinajstić information content (AvgIpc) is 2.78. The van der Waals surface area contributed by atoms with Crippen LogP contribution >= 0.6 is 34.8 Å². The van der Waals surface area contributed by atoms with Gasteiger partial charge in [-0.25, -0.2) is 8.42 Å². The minimum absolute atomic E-state index is 0.00152. The lowest BCUT2D eigenvalue weighted by atomic mass is 10.1. The van der Waals surface area contributed by atoms with E-state index in [0.717, 1.165) is 17.0 Å². The van der Waals surface area contributed by atoms with Gasteiger partial charge in [-0.3, -0.25) is 13.9 Å². The average molecular weight is 577 g/mol. The van der Waals surface area contributed by atoms with Crippen molar-refractivity contribution in [3.8, 4) is 0 Å². The van der Waals surface area contributed by atoms with Gasteiger partial charge in [0.05, 0.1) is 11.9 Å². The van der Waals surface area contributed by atoms with Crippen LogP contribution in [0.3, 0.4) is 0 Å². The highest BCUT2D eigenvalue weighted by atomic mass is 35.5. The van der Waals surface area contributed by atoms with Crippen LogP contribution in [0.5, 0.6) is 0 Å². The third kappa shape index (κ3) is 8.00. The summed E-state index contributed by atoms with van der Waals surface area (Å²) in [5.41, 5.74) is 1.50. The Morgan fingerprint density at radius 3 is 2.14 bits per heavy atom. The summed E-state index contributed by atoms with van der Waals surface area (Å²) >= 11 is 18.5. The van der Waals surface area contributed by atoms with Crippen LogP contribution in [-0.4, -0.2) is 50.0 Å². The van der Waals surface area contributed by atoms with Crippen LogP contribution in [-0.2, 0) is 26.2 Å². The van der Waals surface area contributed by atoms with E-state index in [-0.39, 0.29) is 18.5 Å². The van der Waals surface area contributed by atoms with Crippen molar-refractivity contribution >= 4 is 62.3 Å². The topological polar surface area (TPSA) is 86.8 Å². The molecule has 2 atom stereocenters. The van der Waals surface area contributed by atoms with E-state index in [1.54, 1.807) is 50.2 Å². The van der Waals surface area contributed by atoms with Crippen LogP contribution in [0.2, 0.25) is 15.1 Å². The molecule has 0 radical (unpaired) electrons. The van der Waals surface area contributed by atoms with Crippen LogP contribution in [0, 0.1) is 6.92 Å². The predicted octanol–water partition coefficient (Wildman–Crippen LogP) is 5.44. The smallest absolute Gasteiger partial charge is 0.244 e. The summed E-state index contributed by atoms with van der Waals surface area (Å²) in [6.07, 6.45) is 2.07. The number of anilines is 1. The van der Waals surface area contributed by atoms with Crippen LogP contribution in [0.4, 0.5) is 5.69 Å². The second kappa shape index (κ2) is 13.0. The van der Waals surface area contributed by atoms with Crippen molar-refractivity contribution in [2.24, 2.45) is 0 Å². The van der Waals surface area contributed by atoms with E-state index in [1.807, 2.05) is 13.8 Å². The fourth-order valence-electron chi connectivity index (χ4n) is 3.69. The van der Waals surface area contributed by atoms with Crippen LogP contribution in [0.25, 0.3) is 0 Å². The highest BCUT2D eigenvalue weighted by Gasteiger charge is 2.32. The number of hydrogen-bond acceptors (Lipinski definition) is 4. The molecule has 36 heavy (non-hydrogen) atoms. The van der Waals surface area contributed by atoms with Gasteiger partial charge in [0.15, 0.2) is 0 Å². The molecule has 0 fully saturated rings. The van der Waals surface area contributed by atoms with E-state index in [1.165, 1.54) is 4.90 Å². The van der Waals surface area contributed by atoms with E-state index < -0.39 is 28.5 Å². The SMILES string of the molecule is CC[C@@H](C)NC(=O)[C@@H](CC)N(Cc1ccc(Cl)cc1Cl)C(=O)CN(c1ccc(Cl)cc1C)S(C)(=O)=O. The Kier molecular flexibility index (Phi) is 10.9. The monoisotopic (exact) mass is 575 g/mol. The molecule has 0 aliphatic carbocycles. The lowest BCUT2D eigenvalue weighted by Gasteiger charge is -2.34. The molecule has 1 N–H and O–H groups in total. The van der Waals surface area contributed by atoms with Crippen molar-refractivity contribution in [3.63, 3.8) is 0 Å². The summed E-state index contributed by atoms with van der Waals surface area (Å²) < 4.78 is 26.5. The van der Waals surface area contributed by atoms with Gasteiger partial charge in [0, 0.05) is 27.7 Å². The molecule has 0 heterocycles. The Morgan fingerprint density at radius 2 is 1.61 bits per heavy atom. The van der Waals surface area contributed by atoms with Crippen LogP contribution < -0.4 is 9.62 Å². The Morgan fingerprint density at radius 1 is 1.00 bits per heavy atom. The molecule has 0 aliphatic rings. The van der Waals surface area contributed by atoms with Crippen molar-refractivity contribution in [2.45, 2.75) is 59.2 Å². The van der Waals surface area contributed by atoms with Gasteiger partial charge in [-0.05, 0) is 68.1 Å². The lowest BCUT2D eigenvalue weighted by molar-refractivity contribution is -0.140. The minimum Gasteiger partial charge on any atom is -0.352 e. The number of carbonyl (C=O) groups excluding carboxylic acids is 2. The molecule has 198 valence electrons. The molecule has 0 unspecified atom stereocenters. The maximum Gasteiger partial charge on any atom is 0.244 e. The zero-order valence-corrected chi connectivity index (χ0v) is 24.1. The van der Waals surface area contributed by atoms with Gasteiger partial charge in [0.1, 0.15) is 12.6 Å². The summed E-state index contributed by atoms with van der Waals surface area (Å²) in [6, 6.07) is 8.69. The third-order valence-electron chi connectivity index (χ3n) is 5.85. The fourth-order valence-corrected chi connectivity index (χ4v) is 5.29. The van der Waals surface area contributed by atoms with Gasteiger partial charge in [-0.2, -0.15) is 0 Å². The molecule has 11 heteroatoms. The standard InChI is InChI=1S/C25H32Cl3N3O4S/c1-6-17(4)29-25(33)22(7-2)30(14-18-8-9-20(27)13-21(18)28)24(32)15-31(36(5,34)35)23-11-10-19(26)12-16(23)3/h8-13,17,22H,6-7,14-15H2,1-5H3,(H,29,33)/t17-,22-/m1/s1. The maximum absolute atomic E-state index is 13.7. The maximum atomic E-state index is 13.7. The number of hydrogen-bond donors (Lipinski definition) is 1. The first-order chi connectivity index (χ1) is 16.8. The number of sulfonamides is 1. The first kappa shape index (κ1) is 30.2. The molecule has 2 aromatic rings. The molecular formula is C25H32Cl3N3O4S. The summed E-state index contributed by atoms with van der Waals surface area (Å²) in [4.78, 5) is 28.3. The summed E-state index contributed by atoms with van der Waals surface area (Å²) in [5.74, 6) is -0.870. The van der Waals surface area contributed by atoms with Gasteiger partial charge in [-0.1, -0.05) is 54.7 Å². The second-order valence-corrected chi connectivity index (χ2v) is 11.9. The molecule has 0 spiro atoms. The Labute approximate surface area is 228 Å². The summed E-state index contributed by atoms with van der Waals surface area (Å²) in [6.45, 7) is 6.83. The number of aryl methyl sites for hydroxylation is 1. The molecule has 2 rings (SSSR count). The van der Waals surface area contributed by atoms with Gasteiger partial charge < -0.3 is 10.2 Å². The molecule has 7 nitrogen and oxygen atoms in total. The predicted molar refractivity (Wildman–Crippen MR) is 147 cm³/mol. The third-order valence-corrected chi connectivity index (χ3v) is 7.80. The highest BCUT2D eigenvalue weighted by Crippen LogP contribution is 2.27. The van der Waals surface area contributed by atoms with E-state index in [0.29, 0.717) is 38.3 Å². The molecule has 0 saturated heterocycles. The van der Waals surface area contributed by atoms with Crippen LogP contribution in [0.15, 0.2) is 36.4 Å². The molecule has 0 aromatic heterocycles. The van der Waals surface area contributed by atoms with Gasteiger partial charge >= 0.3 is 0 Å². The molecule has 2 amide bonds. The molecule has 2 aromatic carbocycles. The number of halogens is 3. The van der Waals surface area contributed by atoms with Crippen molar-refractivity contribution in [1.82, 2.24) is 10.2 Å². The normalized spacial score (nSPS) is 13.1. The van der Waals surface area contributed by atoms with Crippen molar-refractivity contribution in [3.05, 3.63) is 62.6 Å². The Bertz CT molecular complexity index is 1210. The van der Waals surface area contributed by atoms with Crippen LogP contribution in [0.1, 0.15) is 44.7 Å². The van der Waals surface area contributed by atoms with E-state index in [4.69, 9.17) is 34.8 Å². The number of rotatable bonds is 11. The molecule has 0 saturated carbocycles. The van der Waals surface area contributed by atoms with E-state index in [9.17, 15) is 18.0 Å². The largest absolute Gasteiger partial charge is 0.352 e. The first-order valence-corrected chi connectivity index (χ1v) is 14.5.